The highest BCUT2D eigenvalue weighted by Crippen LogP contribution is 2.21. The van der Waals surface area contributed by atoms with E-state index in [0.29, 0.717) is 23.6 Å². The van der Waals surface area contributed by atoms with Gasteiger partial charge in [-0.15, -0.1) is 0 Å². The lowest BCUT2D eigenvalue weighted by molar-refractivity contribution is 0.0940. The molecule has 1 aromatic carbocycles. The van der Waals surface area contributed by atoms with Crippen molar-refractivity contribution >= 4 is 22.9 Å². The zero-order valence-electron chi connectivity index (χ0n) is 16.1. The molecule has 0 bridgehead atoms. The third-order valence-corrected chi connectivity index (χ3v) is 5.14. The van der Waals surface area contributed by atoms with E-state index in [2.05, 4.69) is 35.1 Å². The van der Waals surface area contributed by atoms with Gasteiger partial charge in [0.05, 0.1) is 16.7 Å². The van der Waals surface area contributed by atoms with Crippen LogP contribution in [-0.4, -0.2) is 50.0 Å². The average Bonchev–Trinajstić information content (AvgIpc) is 3.28. The van der Waals surface area contributed by atoms with Gasteiger partial charge in [-0.25, -0.2) is 9.97 Å². The molecular weight excluding hydrogens is 378 g/mol. The Morgan fingerprint density at radius 3 is 2.77 bits per heavy atom. The summed E-state index contributed by atoms with van der Waals surface area (Å²) in [6, 6.07) is 11.1. The van der Waals surface area contributed by atoms with Crippen LogP contribution in [0.3, 0.4) is 0 Å². The molecule has 1 unspecified atom stereocenters. The number of hydrogen-bond donors (Lipinski definition) is 1. The SMILES string of the molecule is O=C(NC1CCN(c2nccc(-c3cccnc3)n2)C1)c1ccc2nccnc2c1. The van der Waals surface area contributed by atoms with E-state index in [-0.39, 0.29) is 11.9 Å². The van der Waals surface area contributed by atoms with Gasteiger partial charge in [0.2, 0.25) is 5.95 Å². The molecule has 148 valence electrons. The van der Waals surface area contributed by atoms with Gasteiger partial charge < -0.3 is 10.2 Å². The molecule has 1 aliphatic rings. The molecule has 1 atom stereocenters. The minimum absolute atomic E-state index is 0.0284. The number of rotatable bonds is 4. The first kappa shape index (κ1) is 18.1. The van der Waals surface area contributed by atoms with Crippen LogP contribution in [0.1, 0.15) is 16.8 Å². The van der Waals surface area contributed by atoms with Gasteiger partial charge >= 0.3 is 0 Å². The fourth-order valence-electron chi connectivity index (χ4n) is 3.61. The van der Waals surface area contributed by atoms with Crippen molar-refractivity contribution in [3.63, 3.8) is 0 Å². The molecular formula is C22H19N7O. The average molecular weight is 397 g/mol. The summed E-state index contributed by atoms with van der Waals surface area (Å²) >= 11 is 0. The lowest BCUT2D eigenvalue weighted by atomic mass is 10.1. The van der Waals surface area contributed by atoms with Gasteiger partial charge in [-0.05, 0) is 42.8 Å². The van der Waals surface area contributed by atoms with Crippen LogP contribution in [0, 0.1) is 0 Å². The number of fused-ring (bicyclic) bond motifs is 1. The first-order valence-corrected chi connectivity index (χ1v) is 9.76. The summed E-state index contributed by atoms with van der Waals surface area (Å²) in [6.07, 6.45) is 9.37. The monoisotopic (exact) mass is 397 g/mol. The summed E-state index contributed by atoms with van der Waals surface area (Å²) in [4.78, 5) is 36.6. The van der Waals surface area contributed by atoms with Crippen molar-refractivity contribution in [1.82, 2.24) is 30.2 Å². The van der Waals surface area contributed by atoms with E-state index in [9.17, 15) is 4.79 Å². The van der Waals surface area contributed by atoms with Gasteiger partial charge in [0.1, 0.15) is 0 Å². The second-order valence-electron chi connectivity index (χ2n) is 7.15. The zero-order valence-corrected chi connectivity index (χ0v) is 16.1. The van der Waals surface area contributed by atoms with Gasteiger partial charge in [0.15, 0.2) is 0 Å². The van der Waals surface area contributed by atoms with E-state index in [4.69, 9.17) is 0 Å². The van der Waals surface area contributed by atoms with E-state index >= 15 is 0 Å². The molecule has 0 aliphatic carbocycles. The molecule has 1 amide bonds. The summed E-state index contributed by atoms with van der Waals surface area (Å²) in [5, 5.41) is 3.11. The normalized spacial score (nSPS) is 16.0. The molecule has 0 saturated carbocycles. The summed E-state index contributed by atoms with van der Waals surface area (Å²) in [5.41, 5.74) is 3.84. The molecule has 1 N–H and O–H groups in total. The quantitative estimate of drug-likeness (QED) is 0.565. The molecule has 4 heterocycles. The maximum absolute atomic E-state index is 12.7. The second kappa shape index (κ2) is 7.82. The highest BCUT2D eigenvalue weighted by atomic mass is 16.1. The van der Waals surface area contributed by atoms with Crippen LogP contribution in [0.25, 0.3) is 22.3 Å². The highest BCUT2D eigenvalue weighted by molar-refractivity contribution is 5.97. The first-order valence-electron chi connectivity index (χ1n) is 9.76. The maximum Gasteiger partial charge on any atom is 0.251 e. The predicted octanol–water partition coefficient (Wildman–Crippen LogP) is 2.49. The Labute approximate surface area is 173 Å². The molecule has 8 nitrogen and oxygen atoms in total. The van der Waals surface area contributed by atoms with E-state index in [1.165, 1.54) is 0 Å². The van der Waals surface area contributed by atoms with Gasteiger partial charge in [-0.3, -0.25) is 19.7 Å². The minimum atomic E-state index is -0.112. The summed E-state index contributed by atoms with van der Waals surface area (Å²) < 4.78 is 0. The molecule has 0 spiro atoms. The second-order valence-corrected chi connectivity index (χ2v) is 7.15. The fraction of sp³-hybridized carbons (Fsp3) is 0.182. The van der Waals surface area contributed by atoms with E-state index in [1.54, 1.807) is 43.1 Å². The minimum Gasteiger partial charge on any atom is -0.347 e. The van der Waals surface area contributed by atoms with Crippen molar-refractivity contribution < 1.29 is 4.79 Å². The molecule has 1 fully saturated rings. The number of amides is 1. The molecule has 4 aromatic rings. The number of aromatic nitrogens is 5. The topological polar surface area (TPSA) is 96.8 Å². The predicted molar refractivity (Wildman–Crippen MR) is 113 cm³/mol. The summed E-state index contributed by atoms with van der Waals surface area (Å²) in [5.74, 6) is 0.550. The largest absolute Gasteiger partial charge is 0.347 e. The van der Waals surface area contributed by atoms with Crippen LogP contribution >= 0.6 is 0 Å². The Bertz CT molecular complexity index is 1200. The van der Waals surface area contributed by atoms with Crippen molar-refractivity contribution in [3.8, 4) is 11.3 Å². The maximum atomic E-state index is 12.7. The molecule has 0 radical (unpaired) electrons. The van der Waals surface area contributed by atoms with Gasteiger partial charge in [-0.1, -0.05) is 0 Å². The molecule has 1 aliphatic heterocycles. The molecule has 3 aromatic heterocycles. The molecule has 30 heavy (non-hydrogen) atoms. The Morgan fingerprint density at radius 2 is 1.90 bits per heavy atom. The Kier molecular flexibility index (Phi) is 4.72. The Balaban J connectivity index is 1.27. The van der Waals surface area contributed by atoms with Gasteiger partial charge in [0.25, 0.3) is 5.91 Å². The number of anilines is 1. The molecule has 1 saturated heterocycles. The van der Waals surface area contributed by atoms with Crippen molar-refractivity contribution in [3.05, 3.63) is 72.9 Å². The first-order chi connectivity index (χ1) is 14.8. The molecule has 5 rings (SSSR count). The highest BCUT2D eigenvalue weighted by Gasteiger charge is 2.26. The van der Waals surface area contributed by atoms with Crippen LogP contribution < -0.4 is 10.2 Å². The third-order valence-electron chi connectivity index (χ3n) is 5.14. The number of benzene rings is 1. The van der Waals surface area contributed by atoms with Crippen molar-refractivity contribution in [2.24, 2.45) is 0 Å². The number of pyridine rings is 1. The number of carbonyl (C=O) groups is 1. The lowest BCUT2D eigenvalue weighted by Crippen LogP contribution is -2.37. The summed E-state index contributed by atoms with van der Waals surface area (Å²) in [6.45, 7) is 1.44. The van der Waals surface area contributed by atoms with Crippen LogP contribution in [0.5, 0.6) is 0 Å². The van der Waals surface area contributed by atoms with Crippen LogP contribution in [-0.2, 0) is 0 Å². The third kappa shape index (κ3) is 3.67. The Morgan fingerprint density at radius 1 is 1.00 bits per heavy atom. The van der Waals surface area contributed by atoms with E-state index < -0.39 is 0 Å². The zero-order chi connectivity index (χ0) is 20.3. The number of carbonyl (C=O) groups excluding carboxylic acids is 1. The van der Waals surface area contributed by atoms with Crippen molar-refractivity contribution in [2.75, 3.05) is 18.0 Å². The van der Waals surface area contributed by atoms with Crippen molar-refractivity contribution in [2.45, 2.75) is 12.5 Å². The number of nitrogens with one attached hydrogen (secondary N) is 1. The van der Waals surface area contributed by atoms with Crippen LogP contribution in [0.4, 0.5) is 5.95 Å². The van der Waals surface area contributed by atoms with Crippen LogP contribution in [0.2, 0.25) is 0 Å². The van der Waals surface area contributed by atoms with E-state index in [0.717, 1.165) is 29.7 Å². The van der Waals surface area contributed by atoms with E-state index in [1.807, 2.05) is 24.3 Å². The van der Waals surface area contributed by atoms with Crippen molar-refractivity contribution in [1.29, 1.82) is 0 Å². The Hall–Kier alpha value is -3.94. The number of hydrogen-bond acceptors (Lipinski definition) is 7. The van der Waals surface area contributed by atoms with Gasteiger partial charge in [0, 0.05) is 61.2 Å². The van der Waals surface area contributed by atoms with Gasteiger partial charge in [-0.2, -0.15) is 0 Å². The standard InChI is InChI=1S/C22H19N7O/c30-21(15-3-4-19-20(12-15)25-10-9-24-19)27-17-6-11-29(14-17)22-26-8-5-18(28-22)16-2-1-7-23-13-16/h1-5,7-10,12-13,17H,6,11,14H2,(H,27,30). The molecule has 8 heteroatoms. The smallest absolute Gasteiger partial charge is 0.251 e. The summed E-state index contributed by atoms with van der Waals surface area (Å²) in [7, 11) is 0. The van der Waals surface area contributed by atoms with Crippen LogP contribution in [0.15, 0.2) is 67.4 Å². The lowest BCUT2D eigenvalue weighted by Gasteiger charge is -2.17. The fourth-order valence-corrected chi connectivity index (χ4v) is 3.61. The number of nitrogens with zero attached hydrogens (tertiary/aromatic N) is 6.